The Hall–Kier alpha value is -2.39. The number of aromatic amines is 1. The number of ether oxygens (including phenoxy) is 1. The number of hydrogen-bond acceptors (Lipinski definition) is 6. The fraction of sp³-hybridized carbons (Fsp3) is 0.421. The molecule has 0 saturated carbocycles. The summed E-state index contributed by atoms with van der Waals surface area (Å²) in [5.74, 6) is 1.82. The number of benzene rings is 1. The van der Waals surface area contributed by atoms with Crippen molar-refractivity contribution in [2.45, 2.75) is 19.4 Å². The van der Waals surface area contributed by atoms with Crippen LogP contribution in [0.2, 0.25) is 0 Å². The molecule has 1 aromatic carbocycles. The summed E-state index contributed by atoms with van der Waals surface area (Å²) in [4.78, 5) is 24.5. The van der Waals surface area contributed by atoms with Gasteiger partial charge in [0, 0.05) is 16.6 Å². The lowest BCUT2D eigenvalue weighted by molar-refractivity contribution is 0.403. The molecule has 9 heteroatoms. The fourth-order valence-corrected chi connectivity index (χ4v) is 4.03. The Bertz CT molecular complexity index is 1040. The minimum Gasteiger partial charge on any atom is -0.496 e. The molecule has 1 fully saturated rings. The van der Waals surface area contributed by atoms with E-state index in [1.165, 1.54) is 0 Å². The Kier molecular flexibility index (Phi) is 5.36. The number of halogens is 1. The van der Waals surface area contributed by atoms with Crippen molar-refractivity contribution in [2.24, 2.45) is 5.92 Å². The molecule has 1 saturated heterocycles. The molecule has 2 atom stereocenters. The third-order valence-electron chi connectivity index (χ3n) is 5.20. The van der Waals surface area contributed by atoms with Gasteiger partial charge in [-0.1, -0.05) is 15.9 Å². The van der Waals surface area contributed by atoms with E-state index < -0.39 is 0 Å². The summed E-state index contributed by atoms with van der Waals surface area (Å²) in [5, 5.41) is 6.65. The molecular formula is C19H23BrN6O2. The zero-order chi connectivity index (χ0) is 19.7. The van der Waals surface area contributed by atoms with Crippen molar-refractivity contribution in [3.8, 4) is 5.75 Å². The molecule has 28 heavy (non-hydrogen) atoms. The van der Waals surface area contributed by atoms with Crippen LogP contribution in [0.5, 0.6) is 5.75 Å². The Morgan fingerprint density at radius 2 is 2.32 bits per heavy atom. The van der Waals surface area contributed by atoms with Gasteiger partial charge in [-0.2, -0.15) is 4.98 Å². The van der Waals surface area contributed by atoms with Crippen LogP contribution >= 0.6 is 15.9 Å². The molecule has 1 aliphatic heterocycles. The summed E-state index contributed by atoms with van der Waals surface area (Å²) in [6.45, 7) is 4.82. The minimum atomic E-state index is -0.268. The number of aromatic nitrogens is 4. The monoisotopic (exact) mass is 446 g/mol. The lowest BCUT2D eigenvalue weighted by atomic mass is 10.1. The van der Waals surface area contributed by atoms with Gasteiger partial charge in [-0.3, -0.25) is 4.57 Å². The van der Waals surface area contributed by atoms with Crippen molar-refractivity contribution >= 4 is 33.0 Å². The molecule has 0 spiro atoms. The SMILES string of the molecule is COc1ccc(Br)cc1[C@@H](C)n1c(=O)[nH]c2cnc(NC[C@@H]3CCNC3)nc21. The van der Waals surface area contributed by atoms with Crippen LogP contribution in [0.15, 0.2) is 33.7 Å². The molecular weight excluding hydrogens is 424 g/mol. The fourth-order valence-electron chi connectivity index (χ4n) is 3.66. The van der Waals surface area contributed by atoms with Gasteiger partial charge >= 0.3 is 5.69 Å². The summed E-state index contributed by atoms with van der Waals surface area (Å²) in [5.41, 5.74) is 1.85. The number of nitrogens with one attached hydrogen (secondary N) is 3. The zero-order valence-electron chi connectivity index (χ0n) is 15.8. The highest BCUT2D eigenvalue weighted by Crippen LogP contribution is 2.31. The zero-order valence-corrected chi connectivity index (χ0v) is 17.4. The lowest BCUT2D eigenvalue weighted by Crippen LogP contribution is -2.22. The van der Waals surface area contributed by atoms with Crippen LogP contribution in [-0.2, 0) is 0 Å². The summed E-state index contributed by atoms with van der Waals surface area (Å²) in [7, 11) is 1.62. The van der Waals surface area contributed by atoms with Crippen LogP contribution in [0.3, 0.4) is 0 Å². The van der Waals surface area contributed by atoms with Crippen LogP contribution < -0.4 is 21.1 Å². The van der Waals surface area contributed by atoms with E-state index in [4.69, 9.17) is 4.74 Å². The number of hydrogen-bond donors (Lipinski definition) is 3. The van der Waals surface area contributed by atoms with Gasteiger partial charge in [0.1, 0.15) is 11.3 Å². The molecule has 3 N–H and O–H groups in total. The van der Waals surface area contributed by atoms with E-state index in [0.717, 1.165) is 41.8 Å². The van der Waals surface area contributed by atoms with Crippen LogP contribution in [0, 0.1) is 5.92 Å². The van der Waals surface area contributed by atoms with E-state index in [-0.39, 0.29) is 11.7 Å². The average Bonchev–Trinajstić information content (AvgIpc) is 3.32. The molecule has 148 valence electrons. The Morgan fingerprint density at radius 3 is 3.07 bits per heavy atom. The van der Waals surface area contributed by atoms with Crippen molar-refractivity contribution in [2.75, 3.05) is 32.1 Å². The van der Waals surface area contributed by atoms with Crippen molar-refractivity contribution in [1.29, 1.82) is 0 Å². The predicted molar refractivity (Wildman–Crippen MR) is 112 cm³/mol. The van der Waals surface area contributed by atoms with Gasteiger partial charge in [-0.05, 0) is 50.6 Å². The summed E-state index contributed by atoms with van der Waals surface area (Å²) in [6, 6.07) is 5.49. The Labute approximate surface area is 170 Å². The first-order valence-corrected chi connectivity index (χ1v) is 10.1. The maximum atomic E-state index is 12.7. The number of imidazole rings is 1. The van der Waals surface area contributed by atoms with Gasteiger partial charge in [-0.25, -0.2) is 9.78 Å². The lowest BCUT2D eigenvalue weighted by Gasteiger charge is -2.17. The van der Waals surface area contributed by atoms with Crippen molar-refractivity contribution in [1.82, 2.24) is 24.8 Å². The van der Waals surface area contributed by atoms with Crippen molar-refractivity contribution < 1.29 is 4.74 Å². The molecule has 3 heterocycles. The summed E-state index contributed by atoms with van der Waals surface area (Å²) in [6.07, 6.45) is 2.80. The highest BCUT2D eigenvalue weighted by atomic mass is 79.9. The quantitative estimate of drug-likeness (QED) is 0.538. The third-order valence-corrected chi connectivity index (χ3v) is 5.69. The number of anilines is 1. The maximum absolute atomic E-state index is 12.7. The van der Waals surface area contributed by atoms with Gasteiger partial charge in [0.25, 0.3) is 0 Å². The first kappa shape index (κ1) is 18.9. The third kappa shape index (κ3) is 3.64. The topological polar surface area (TPSA) is 96.9 Å². The molecule has 0 bridgehead atoms. The second kappa shape index (κ2) is 7.92. The number of H-pyrrole nitrogens is 1. The van der Waals surface area contributed by atoms with Gasteiger partial charge in [0.05, 0.1) is 19.3 Å². The van der Waals surface area contributed by atoms with Crippen LogP contribution in [-0.4, -0.2) is 46.3 Å². The molecule has 0 amide bonds. The highest BCUT2D eigenvalue weighted by Gasteiger charge is 2.21. The number of nitrogens with zero attached hydrogens (tertiary/aromatic N) is 3. The summed E-state index contributed by atoms with van der Waals surface area (Å²) < 4.78 is 8.06. The van der Waals surface area contributed by atoms with E-state index in [0.29, 0.717) is 23.0 Å². The Balaban J connectivity index is 1.69. The van der Waals surface area contributed by atoms with Gasteiger partial charge < -0.3 is 20.4 Å². The van der Waals surface area contributed by atoms with Crippen molar-refractivity contribution in [3.63, 3.8) is 0 Å². The molecule has 1 aliphatic rings. The van der Waals surface area contributed by atoms with E-state index in [1.807, 2.05) is 25.1 Å². The minimum absolute atomic E-state index is 0.226. The standard InChI is InChI=1S/C19H23BrN6O2/c1-11(14-7-13(20)3-4-16(14)28-2)26-17-15(24-19(26)27)10-23-18(25-17)22-9-12-5-6-21-8-12/h3-4,7,10-12,21H,5-6,8-9H2,1-2H3,(H,24,27)(H,22,23,25)/t11-,12-/m1/s1. The second-order valence-electron chi connectivity index (χ2n) is 7.03. The Morgan fingerprint density at radius 1 is 1.46 bits per heavy atom. The number of rotatable bonds is 6. The largest absolute Gasteiger partial charge is 0.496 e. The average molecular weight is 447 g/mol. The molecule has 3 aromatic rings. The predicted octanol–water partition coefficient (Wildman–Crippen LogP) is 2.52. The van der Waals surface area contributed by atoms with E-state index >= 15 is 0 Å². The molecule has 0 radical (unpaired) electrons. The van der Waals surface area contributed by atoms with Crippen LogP contribution in [0.4, 0.5) is 5.95 Å². The van der Waals surface area contributed by atoms with Gasteiger partial charge in [0.15, 0.2) is 5.65 Å². The van der Waals surface area contributed by atoms with Crippen LogP contribution in [0.25, 0.3) is 11.2 Å². The number of methoxy groups -OCH3 is 1. The van der Waals surface area contributed by atoms with E-state index in [1.54, 1.807) is 17.9 Å². The molecule has 0 unspecified atom stereocenters. The van der Waals surface area contributed by atoms with E-state index in [9.17, 15) is 4.79 Å². The van der Waals surface area contributed by atoms with Gasteiger partial charge in [0.2, 0.25) is 5.95 Å². The summed E-state index contributed by atoms with van der Waals surface area (Å²) >= 11 is 3.50. The molecule has 4 rings (SSSR count). The normalized spacial score (nSPS) is 17.8. The molecule has 8 nitrogen and oxygen atoms in total. The molecule has 2 aromatic heterocycles. The smallest absolute Gasteiger partial charge is 0.328 e. The number of fused-ring (bicyclic) bond motifs is 1. The van der Waals surface area contributed by atoms with E-state index in [2.05, 4.69) is 41.5 Å². The molecule has 0 aliphatic carbocycles. The van der Waals surface area contributed by atoms with Gasteiger partial charge in [-0.15, -0.1) is 0 Å². The first-order valence-electron chi connectivity index (χ1n) is 9.32. The first-order chi connectivity index (χ1) is 13.6. The maximum Gasteiger partial charge on any atom is 0.328 e. The van der Waals surface area contributed by atoms with Crippen LogP contribution in [0.1, 0.15) is 24.9 Å². The van der Waals surface area contributed by atoms with Crippen molar-refractivity contribution in [3.05, 3.63) is 44.9 Å². The second-order valence-corrected chi connectivity index (χ2v) is 7.95. The highest BCUT2D eigenvalue weighted by molar-refractivity contribution is 9.10.